The van der Waals surface area contributed by atoms with E-state index in [0.717, 1.165) is 0 Å². The summed E-state index contributed by atoms with van der Waals surface area (Å²) >= 11 is 0. The van der Waals surface area contributed by atoms with E-state index in [-0.39, 0.29) is 24.7 Å². The van der Waals surface area contributed by atoms with Crippen molar-refractivity contribution in [1.82, 2.24) is 0 Å². The molecule has 0 aromatic heterocycles. The van der Waals surface area contributed by atoms with E-state index in [9.17, 15) is 19.7 Å². The average molecular weight is 372 g/mol. The molecule has 0 bridgehead atoms. The number of hydrogen-bond acceptors (Lipinski definition) is 7. The fourth-order valence-electron chi connectivity index (χ4n) is 2.80. The predicted molar refractivity (Wildman–Crippen MR) is 94.1 cm³/mol. The highest BCUT2D eigenvalue weighted by Gasteiger charge is 2.28. The van der Waals surface area contributed by atoms with Crippen LogP contribution in [0.5, 0.6) is 11.5 Å². The number of nitro groups is 1. The Kier molecular flexibility index (Phi) is 4.93. The lowest BCUT2D eigenvalue weighted by atomic mass is 10.1. The third-order valence-corrected chi connectivity index (χ3v) is 4.13. The molecule has 1 aliphatic rings. The standard InChI is InChI=1S/C18H16N2O7/c1-25-15-6-4-13(20(23)24)7-12(15)9-19-14-5-3-11(18(22)26-2)8-16(14)27-10-17(19)21/h3-8H,9-10H2,1-2H3. The largest absolute Gasteiger partial charge is 0.496 e. The number of hydrogen-bond donors (Lipinski definition) is 0. The molecule has 0 fully saturated rings. The van der Waals surface area contributed by atoms with Gasteiger partial charge in [0.2, 0.25) is 0 Å². The van der Waals surface area contributed by atoms with Gasteiger partial charge in [-0.25, -0.2) is 4.79 Å². The quantitative estimate of drug-likeness (QED) is 0.450. The molecule has 2 aromatic carbocycles. The lowest BCUT2D eigenvalue weighted by molar-refractivity contribution is -0.384. The Bertz CT molecular complexity index is 926. The second kappa shape index (κ2) is 7.32. The van der Waals surface area contributed by atoms with Crippen LogP contribution in [0.1, 0.15) is 15.9 Å². The van der Waals surface area contributed by atoms with E-state index in [4.69, 9.17) is 9.47 Å². The molecule has 2 aromatic rings. The van der Waals surface area contributed by atoms with Crippen molar-refractivity contribution in [2.75, 3.05) is 25.7 Å². The summed E-state index contributed by atoms with van der Waals surface area (Å²) in [4.78, 5) is 36.0. The van der Waals surface area contributed by atoms with Gasteiger partial charge in [-0.05, 0) is 24.3 Å². The summed E-state index contributed by atoms with van der Waals surface area (Å²) in [7, 11) is 2.72. The summed E-state index contributed by atoms with van der Waals surface area (Å²) in [5, 5.41) is 11.1. The first-order chi connectivity index (χ1) is 12.9. The van der Waals surface area contributed by atoms with Crippen LogP contribution in [0.3, 0.4) is 0 Å². The Labute approximate surface area is 154 Å². The molecule has 1 heterocycles. The number of carbonyl (C=O) groups excluding carboxylic acids is 2. The lowest BCUT2D eigenvalue weighted by Gasteiger charge is -2.30. The summed E-state index contributed by atoms with van der Waals surface area (Å²) in [6, 6.07) is 8.77. The Balaban J connectivity index is 1.99. The van der Waals surface area contributed by atoms with Gasteiger partial charge in [-0.15, -0.1) is 0 Å². The van der Waals surface area contributed by atoms with Crippen molar-refractivity contribution in [2.24, 2.45) is 0 Å². The number of fused-ring (bicyclic) bond motifs is 1. The number of esters is 1. The number of rotatable bonds is 5. The maximum atomic E-state index is 12.4. The Morgan fingerprint density at radius 1 is 1.26 bits per heavy atom. The van der Waals surface area contributed by atoms with Crippen molar-refractivity contribution < 1.29 is 28.7 Å². The molecule has 0 unspecified atom stereocenters. The zero-order valence-electron chi connectivity index (χ0n) is 14.6. The molecular weight excluding hydrogens is 356 g/mol. The molecule has 0 aliphatic carbocycles. The van der Waals surface area contributed by atoms with Crippen LogP contribution in [0.15, 0.2) is 36.4 Å². The first-order valence-corrected chi connectivity index (χ1v) is 7.91. The van der Waals surface area contributed by atoms with Gasteiger partial charge in [0.15, 0.2) is 6.61 Å². The van der Waals surface area contributed by atoms with Crippen LogP contribution >= 0.6 is 0 Å². The van der Waals surface area contributed by atoms with Gasteiger partial charge in [0.1, 0.15) is 11.5 Å². The number of anilines is 1. The summed E-state index contributed by atoms with van der Waals surface area (Å²) in [5.41, 5.74) is 1.11. The fourth-order valence-corrected chi connectivity index (χ4v) is 2.80. The molecule has 9 nitrogen and oxygen atoms in total. The van der Waals surface area contributed by atoms with Crippen LogP contribution in [-0.4, -0.2) is 37.6 Å². The normalized spacial score (nSPS) is 12.8. The SMILES string of the molecule is COC(=O)c1ccc2c(c1)OCC(=O)N2Cc1cc([N+](=O)[O-])ccc1OC. The number of benzene rings is 2. The number of nitrogens with zero attached hydrogens (tertiary/aromatic N) is 2. The van der Waals surface area contributed by atoms with Gasteiger partial charge in [0, 0.05) is 17.7 Å². The minimum absolute atomic E-state index is 0.0532. The van der Waals surface area contributed by atoms with Crippen LogP contribution in [-0.2, 0) is 16.1 Å². The van der Waals surface area contributed by atoms with Crippen molar-refractivity contribution >= 4 is 23.3 Å². The number of nitro benzene ring substituents is 1. The first-order valence-electron chi connectivity index (χ1n) is 7.91. The molecular formula is C18H16N2O7. The third-order valence-electron chi connectivity index (χ3n) is 4.13. The first kappa shape index (κ1) is 18.2. The van der Waals surface area contributed by atoms with E-state index in [1.165, 1.54) is 49.5 Å². The average Bonchev–Trinajstić information content (AvgIpc) is 2.68. The van der Waals surface area contributed by atoms with Gasteiger partial charge in [-0.2, -0.15) is 0 Å². The highest BCUT2D eigenvalue weighted by atomic mass is 16.6. The minimum Gasteiger partial charge on any atom is -0.496 e. The fraction of sp³-hybridized carbons (Fsp3) is 0.222. The predicted octanol–water partition coefficient (Wildman–Crippen LogP) is 2.32. The zero-order chi connectivity index (χ0) is 19.6. The van der Waals surface area contributed by atoms with E-state index < -0.39 is 10.9 Å². The second-order valence-corrected chi connectivity index (χ2v) is 5.70. The van der Waals surface area contributed by atoms with Crippen molar-refractivity contribution in [2.45, 2.75) is 6.54 Å². The van der Waals surface area contributed by atoms with E-state index >= 15 is 0 Å². The van der Waals surface area contributed by atoms with Crippen LogP contribution in [0.2, 0.25) is 0 Å². The lowest BCUT2D eigenvalue weighted by Crippen LogP contribution is -2.38. The van der Waals surface area contributed by atoms with Crippen molar-refractivity contribution in [3.05, 3.63) is 57.6 Å². The van der Waals surface area contributed by atoms with E-state index in [2.05, 4.69) is 4.74 Å². The van der Waals surface area contributed by atoms with Crippen LogP contribution in [0.25, 0.3) is 0 Å². The van der Waals surface area contributed by atoms with E-state index in [1.54, 1.807) is 6.07 Å². The van der Waals surface area contributed by atoms with E-state index in [1.807, 2.05) is 0 Å². The number of ether oxygens (including phenoxy) is 3. The molecule has 0 atom stereocenters. The molecule has 140 valence electrons. The Hall–Kier alpha value is -3.62. The molecule has 1 amide bonds. The maximum Gasteiger partial charge on any atom is 0.337 e. The smallest absolute Gasteiger partial charge is 0.337 e. The highest BCUT2D eigenvalue weighted by Crippen LogP contribution is 2.35. The zero-order valence-corrected chi connectivity index (χ0v) is 14.6. The molecule has 0 saturated carbocycles. The molecule has 0 saturated heterocycles. The van der Waals surface area contributed by atoms with Crippen LogP contribution in [0, 0.1) is 10.1 Å². The second-order valence-electron chi connectivity index (χ2n) is 5.70. The summed E-state index contributed by atoms with van der Waals surface area (Å²) in [5.74, 6) is -0.0680. The summed E-state index contributed by atoms with van der Waals surface area (Å²) in [6.45, 7) is -0.160. The molecule has 0 N–H and O–H groups in total. The van der Waals surface area contributed by atoms with Gasteiger partial charge >= 0.3 is 5.97 Å². The molecule has 9 heteroatoms. The Morgan fingerprint density at radius 2 is 2.04 bits per heavy atom. The number of amides is 1. The van der Waals surface area contributed by atoms with Crippen molar-refractivity contribution in [3.63, 3.8) is 0 Å². The van der Waals surface area contributed by atoms with Gasteiger partial charge in [0.05, 0.1) is 36.9 Å². The van der Waals surface area contributed by atoms with Gasteiger partial charge in [-0.1, -0.05) is 0 Å². The number of carbonyl (C=O) groups is 2. The van der Waals surface area contributed by atoms with Gasteiger partial charge in [-0.3, -0.25) is 14.9 Å². The van der Waals surface area contributed by atoms with Gasteiger partial charge < -0.3 is 19.1 Å². The van der Waals surface area contributed by atoms with E-state index in [0.29, 0.717) is 28.3 Å². The molecule has 0 radical (unpaired) electrons. The highest BCUT2D eigenvalue weighted by molar-refractivity contribution is 5.99. The topological polar surface area (TPSA) is 108 Å². The Morgan fingerprint density at radius 3 is 2.70 bits per heavy atom. The number of methoxy groups -OCH3 is 2. The third kappa shape index (κ3) is 3.52. The van der Waals surface area contributed by atoms with Crippen LogP contribution in [0.4, 0.5) is 11.4 Å². The molecule has 0 spiro atoms. The molecule has 3 rings (SSSR count). The van der Waals surface area contributed by atoms with Gasteiger partial charge in [0.25, 0.3) is 11.6 Å². The van der Waals surface area contributed by atoms with Crippen molar-refractivity contribution in [3.8, 4) is 11.5 Å². The minimum atomic E-state index is -0.523. The maximum absolute atomic E-state index is 12.4. The summed E-state index contributed by atoms with van der Waals surface area (Å²) in [6.07, 6.45) is 0. The number of non-ortho nitro benzene ring substituents is 1. The van der Waals surface area contributed by atoms with Crippen molar-refractivity contribution in [1.29, 1.82) is 0 Å². The monoisotopic (exact) mass is 372 g/mol. The van der Waals surface area contributed by atoms with Crippen LogP contribution < -0.4 is 14.4 Å². The summed E-state index contributed by atoms with van der Waals surface area (Å²) < 4.78 is 15.4. The molecule has 1 aliphatic heterocycles. The molecule has 27 heavy (non-hydrogen) atoms.